The predicted octanol–water partition coefficient (Wildman–Crippen LogP) is 0.513. The minimum Gasteiger partial charge on any atom is -0.346 e. The molecule has 1 fully saturated rings. The summed E-state index contributed by atoms with van der Waals surface area (Å²) in [6.45, 7) is 1.48. The molecule has 1 heterocycles. The predicted molar refractivity (Wildman–Crippen MR) is 77.0 cm³/mol. The van der Waals surface area contributed by atoms with Crippen LogP contribution in [0.2, 0.25) is 0 Å². The SMILES string of the molecule is CN(Cc1ccccc1)C(=O)CNC(=O)C1CCCN1. The molecule has 5 nitrogen and oxygen atoms in total. The van der Waals surface area contributed by atoms with Gasteiger partial charge in [0.05, 0.1) is 12.6 Å². The largest absolute Gasteiger partial charge is 0.346 e. The fourth-order valence-corrected chi connectivity index (χ4v) is 2.27. The van der Waals surface area contributed by atoms with Crippen LogP contribution in [0.25, 0.3) is 0 Å². The first-order valence-electron chi connectivity index (χ1n) is 6.96. The third-order valence-electron chi connectivity index (χ3n) is 3.48. The molecule has 0 radical (unpaired) electrons. The molecule has 2 N–H and O–H groups in total. The number of likely N-dealkylation sites (N-methyl/N-ethyl adjacent to an activating group) is 1. The van der Waals surface area contributed by atoms with Gasteiger partial charge in [-0.25, -0.2) is 0 Å². The standard InChI is InChI=1S/C15H21N3O2/c1-18(11-12-6-3-2-4-7-12)14(19)10-17-15(20)13-8-5-9-16-13/h2-4,6-7,13,16H,5,8-11H2,1H3,(H,17,20). The van der Waals surface area contributed by atoms with Gasteiger partial charge in [-0.2, -0.15) is 0 Å². The van der Waals surface area contributed by atoms with Crippen LogP contribution in [0, 0.1) is 0 Å². The summed E-state index contributed by atoms with van der Waals surface area (Å²) in [5, 5.41) is 5.81. The Hall–Kier alpha value is -1.88. The van der Waals surface area contributed by atoms with Crippen molar-refractivity contribution in [2.75, 3.05) is 20.1 Å². The van der Waals surface area contributed by atoms with Gasteiger partial charge in [0.15, 0.2) is 0 Å². The molecule has 20 heavy (non-hydrogen) atoms. The van der Waals surface area contributed by atoms with Crippen LogP contribution in [0.4, 0.5) is 0 Å². The molecule has 5 heteroatoms. The highest BCUT2D eigenvalue weighted by molar-refractivity contribution is 5.87. The van der Waals surface area contributed by atoms with Crippen molar-refractivity contribution in [3.63, 3.8) is 0 Å². The summed E-state index contributed by atoms with van der Waals surface area (Å²) < 4.78 is 0. The Balaban J connectivity index is 1.75. The summed E-state index contributed by atoms with van der Waals surface area (Å²) in [5.41, 5.74) is 1.08. The second-order valence-corrected chi connectivity index (χ2v) is 5.10. The lowest BCUT2D eigenvalue weighted by atomic mass is 10.2. The number of amides is 2. The third kappa shape index (κ3) is 4.06. The van der Waals surface area contributed by atoms with Crippen LogP contribution < -0.4 is 10.6 Å². The molecule has 1 aromatic carbocycles. The lowest BCUT2D eigenvalue weighted by molar-refractivity contribution is -0.132. The first kappa shape index (κ1) is 14.5. The van der Waals surface area contributed by atoms with Crippen molar-refractivity contribution in [2.24, 2.45) is 0 Å². The molecule has 1 atom stereocenters. The normalized spacial score (nSPS) is 17.8. The van der Waals surface area contributed by atoms with Gasteiger partial charge in [0, 0.05) is 13.6 Å². The van der Waals surface area contributed by atoms with E-state index in [1.54, 1.807) is 11.9 Å². The smallest absolute Gasteiger partial charge is 0.242 e. The molecule has 1 saturated heterocycles. The number of nitrogens with zero attached hydrogens (tertiary/aromatic N) is 1. The van der Waals surface area contributed by atoms with Crippen LogP contribution in [-0.4, -0.2) is 42.9 Å². The Morgan fingerprint density at radius 1 is 1.35 bits per heavy atom. The summed E-state index contributed by atoms with van der Waals surface area (Å²) in [5.74, 6) is -0.163. The fraction of sp³-hybridized carbons (Fsp3) is 0.467. The first-order chi connectivity index (χ1) is 9.66. The van der Waals surface area contributed by atoms with E-state index in [4.69, 9.17) is 0 Å². The van der Waals surface area contributed by atoms with Gasteiger partial charge in [0.25, 0.3) is 0 Å². The first-order valence-corrected chi connectivity index (χ1v) is 6.96. The highest BCUT2D eigenvalue weighted by Gasteiger charge is 2.22. The van der Waals surface area contributed by atoms with Gasteiger partial charge in [0.2, 0.25) is 11.8 Å². The topological polar surface area (TPSA) is 61.4 Å². The lowest BCUT2D eigenvalue weighted by Gasteiger charge is -2.18. The van der Waals surface area contributed by atoms with E-state index in [2.05, 4.69) is 10.6 Å². The van der Waals surface area contributed by atoms with E-state index in [1.807, 2.05) is 30.3 Å². The average Bonchev–Trinajstić information content (AvgIpc) is 2.99. The van der Waals surface area contributed by atoms with Crippen LogP contribution in [0.1, 0.15) is 18.4 Å². The van der Waals surface area contributed by atoms with Crippen LogP contribution in [0.15, 0.2) is 30.3 Å². The maximum absolute atomic E-state index is 12.0. The summed E-state index contributed by atoms with van der Waals surface area (Å²) in [6.07, 6.45) is 1.86. The highest BCUT2D eigenvalue weighted by Crippen LogP contribution is 2.05. The summed E-state index contributed by atoms with van der Waals surface area (Å²) in [7, 11) is 1.75. The average molecular weight is 275 g/mol. The number of hydrogen-bond acceptors (Lipinski definition) is 3. The summed E-state index contributed by atoms with van der Waals surface area (Å²) in [6, 6.07) is 9.65. The fourth-order valence-electron chi connectivity index (χ4n) is 2.27. The van der Waals surface area contributed by atoms with Crippen molar-refractivity contribution in [2.45, 2.75) is 25.4 Å². The second kappa shape index (κ2) is 7.05. The van der Waals surface area contributed by atoms with Gasteiger partial charge < -0.3 is 15.5 Å². The zero-order valence-corrected chi connectivity index (χ0v) is 11.8. The zero-order chi connectivity index (χ0) is 14.4. The van der Waals surface area contributed by atoms with Crippen molar-refractivity contribution < 1.29 is 9.59 Å². The van der Waals surface area contributed by atoms with Crippen molar-refractivity contribution in [3.8, 4) is 0 Å². The summed E-state index contributed by atoms with van der Waals surface area (Å²) >= 11 is 0. The minimum atomic E-state index is -0.137. The van der Waals surface area contributed by atoms with Crippen molar-refractivity contribution >= 4 is 11.8 Å². The molecule has 108 valence electrons. The molecule has 1 aromatic rings. The van der Waals surface area contributed by atoms with E-state index in [1.165, 1.54) is 0 Å². The monoisotopic (exact) mass is 275 g/mol. The Kier molecular flexibility index (Phi) is 5.12. The van der Waals surface area contributed by atoms with Crippen molar-refractivity contribution in [3.05, 3.63) is 35.9 Å². The molecule has 1 unspecified atom stereocenters. The van der Waals surface area contributed by atoms with E-state index in [0.717, 1.165) is 24.9 Å². The number of benzene rings is 1. The number of hydrogen-bond donors (Lipinski definition) is 2. The van der Waals surface area contributed by atoms with Crippen molar-refractivity contribution in [1.82, 2.24) is 15.5 Å². The second-order valence-electron chi connectivity index (χ2n) is 5.10. The Morgan fingerprint density at radius 3 is 2.75 bits per heavy atom. The van der Waals surface area contributed by atoms with E-state index in [9.17, 15) is 9.59 Å². The quantitative estimate of drug-likeness (QED) is 0.823. The number of rotatable bonds is 5. The number of carbonyl (C=O) groups excluding carboxylic acids is 2. The molecule has 2 rings (SSSR count). The molecule has 0 aromatic heterocycles. The van der Waals surface area contributed by atoms with Gasteiger partial charge in [-0.05, 0) is 24.9 Å². The molecule has 0 spiro atoms. The maximum atomic E-state index is 12.0. The van der Waals surface area contributed by atoms with Crippen LogP contribution >= 0.6 is 0 Å². The van der Waals surface area contributed by atoms with Gasteiger partial charge in [-0.3, -0.25) is 9.59 Å². The number of nitrogens with one attached hydrogen (secondary N) is 2. The molecule has 2 amide bonds. The van der Waals surface area contributed by atoms with E-state index in [0.29, 0.717) is 6.54 Å². The summed E-state index contributed by atoms with van der Waals surface area (Å²) in [4.78, 5) is 25.4. The molecule has 0 saturated carbocycles. The maximum Gasteiger partial charge on any atom is 0.242 e. The zero-order valence-electron chi connectivity index (χ0n) is 11.8. The highest BCUT2D eigenvalue weighted by atomic mass is 16.2. The molecule has 0 aliphatic carbocycles. The van der Waals surface area contributed by atoms with Gasteiger partial charge in [0.1, 0.15) is 0 Å². The van der Waals surface area contributed by atoms with Crippen LogP contribution in [0.5, 0.6) is 0 Å². The van der Waals surface area contributed by atoms with Crippen LogP contribution in [-0.2, 0) is 16.1 Å². The van der Waals surface area contributed by atoms with E-state index >= 15 is 0 Å². The Labute approximate surface area is 119 Å². The molecule has 1 aliphatic rings. The third-order valence-corrected chi connectivity index (χ3v) is 3.48. The number of carbonyl (C=O) groups is 2. The minimum absolute atomic E-state index is 0.0559. The molecular formula is C15H21N3O2. The Bertz CT molecular complexity index is 455. The van der Waals surface area contributed by atoms with E-state index < -0.39 is 0 Å². The molecule has 1 aliphatic heterocycles. The molecular weight excluding hydrogens is 254 g/mol. The van der Waals surface area contributed by atoms with Gasteiger partial charge >= 0.3 is 0 Å². The van der Waals surface area contributed by atoms with E-state index in [-0.39, 0.29) is 24.4 Å². The van der Waals surface area contributed by atoms with Gasteiger partial charge in [-0.1, -0.05) is 30.3 Å². The lowest BCUT2D eigenvalue weighted by Crippen LogP contribution is -2.44. The van der Waals surface area contributed by atoms with Crippen molar-refractivity contribution in [1.29, 1.82) is 0 Å². The Morgan fingerprint density at radius 2 is 2.10 bits per heavy atom. The molecule has 0 bridgehead atoms. The van der Waals surface area contributed by atoms with Gasteiger partial charge in [-0.15, -0.1) is 0 Å². The van der Waals surface area contributed by atoms with Crippen LogP contribution in [0.3, 0.4) is 0 Å².